The van der Waals surface area contributed by atoms with Gasteiger partial charge in [-0.05, 0) is 78.0 Å². The zero-order valence-corrected chi connectivity index (χ0v) is 32.9. The fourth-order valence-electron chi connectivity index (χ4n) is 4.45. The van der Waals surface area contributed by atoms with Crippen molar-refractivity contribution in [1.29, 1.82) is 0 Å². The maximum absolute atomic E-state index is 15.3. The van der Waals surface area contributed by atoms with Gasteiger partial charge in [-0.15, -0.1) is 0 Å². The molecule has 0 aromatic heterocycles. The molecule has 0 aliphatic rings. The highest BCUT2D eigenvalue weighted by atomic mass is 19.4. The standard InChI is InChI=1S/C45H37F3O11/c1-23(2)40(50)55-31-14-12-13-30(22-31)34(49)19-18-33-38(58-43(53)26(7)8)28(11)32(37(45(46,47)48)39(33)59-44(54)27(9)10)17-15-29-16-20-35(56-41(51)24(3)4)36(21-29)57-42(52)25(5)6/h12-14,16,18-22H,1,3,5,7,9H2,2,4,6,8,10-11H3/b19-18+. The van der Waals surface area contributed by atoms with E-state index < -0.39 is 75.6 Å². The summed E-state index contributed by atoms with van der Waals surface area (Å²) in [7, 11) is 0. The minimum absolute atomic E-state index is 0.00553. The topological polar surface area (TPSA) is 149 Å². The monoisotopic (exact) mass is 810 g/mol. The summed E-state index contributed by atoms with van der Waals surface area (Å²) in [6.45, 7) is 25.2. The van der Waals surface area contributed by atoms with Crippen LogP contribution in [0.25, 0.3) is 6.08 Å². The van der Waals surface area contributed by atoms with E-state index in [1.165, 1.54) is 71.0 Å². The number of benzene rings is 3. The van der Waals surface area contributed by atoms with E-state index in [1.54, 1.807) is 0 Å². The molecule has 3 aromatic rings. The van der Waals surface area contributed by atoms with Crippen LogP contribution in [0.15, 0.2) is 109 Å². The van der Waals surface area contributed by atoms with Crippen molar-refractivity contribution >= 4 is 41.7 Å². The van der Waals surface area contributed by atoms with E-state index in [2.05, 4.69) is 44.7 Å². The minimum atomic E-state index is -5.33. The zero-order chi connectivity index (χ0) is 44.5. The molecule has 59 heavy (non-hydrogen) atoms. The van der Waals surface area contributed by atoms with Crippen LogP contribution < -0.4 is 23.7 Å². The highest BCUT2D eigenvalue weighted by Gasteiger charge is 2.42. The highest BCUT2D eigenvalue weighted by Crippen LogP contribution is 2.47. The molecule has 0 spiro atoms. The lowest BCUT2D eigenvalue weighted by Crippen LogP contribution is -2.19. The molecular weight excluding hydrogens is 773 g/mol. The summed E-state index contributed by atoms with van der Waals surface area (Å²) in [5.74, 6) is -3.28. The Bertz CT molecular complexity index is 2470. The van der Waals surface area contributed by atoms with Crippen molar-refractivity contribution in [2.45, 2.75) is 47.7 Å². The summed E-state index contributed by atoms with van der Waals surface area (Å²) in [6, 6.07) is 8.83. The Labute approximate surface area is 337 Å². The van der Waals surface area contributed by atoms with Crippen LogP contribution in [0.2, 0.25) is 0 Å². The van der Waals surface area contributed by atoms with Crippen LogP contribution in [0, 0.1) is 18.8 Å². The number of ether oxygens (including phenoxy) is 5. The molecule has 0 bridgehead atoms. The molecule has 0 aliphatic carbocycles. The second-order valence-corrected chi connectivity index (χ2v) is 12.9. The van der Waals surface area contributed by atoms with Crippen molar-refractivity contribution in [2.75, 3.05) is 0 Å². The van der Waals surface area contributed by atoms with Crippen molar-refractivity contribution in [3.05, 3.63) is 143 Å². The first-order valence-electron chi connectivity index (χ1n) is 17.1. The van der Waals surface area contributed by atoms with E-state index in [0.29, 0.717) is 0 Å². The van der Waals surface area contributed by atoms with Gasteiger partial charge in [-0.2, -0.15) is 13.2 Å². The van der Waals surface area contributed by atoms with Gasteiger partial charge in [0.05, 0.1) is 5.56 Å². The van der Waals surface area contributed by atoms with Crippen molar-refractivity contribution in [3.8, 4) is 40.6 Å². The van der Waals surface area contributed by atoms with E-state index in [4.69, 9.17) is 23.7 Å². The van der Waals surface area contributed by atoms with Crippen LogP contribution in [0.4, 0.5) is 13.2 Å². The molecule has 0 N–H and O–H groups in total. The number of rotatable bonds is 13. The lowest BCUT2D eigenvalue weighted by Gasteiger charge is -2.22. The Balaban J connectivity index is 2.41. The molecular formula is C45H37F3O11. The van der Waals surface area contributed by atoms with Crippen molar-refractivity contribution < 1.29 is 65.6 Å². The number of hydrogen-bond donors (Lipinski definition) is 0. The van der Waals surface area contributed by atoms with Gasteiger partial charge >= 0.3 is 36.0 Å². The van der Waals surface area contributed by atoms with Crippen LogP contribution in [-0.2, 0) is 30.1 Å². The second-order valence-electron chi connectivity index (χ2n) is 12.9. The molecule has 0 heterocycles. The van der Waals surface area contributed by atoms with Gasteiger partial charge in [0.1, 0.15) is 17.1 Å². The van der Waals surface area contributed by atoms with Gasteiger partial charge in [-0.1, -0.05) is 56.9 Å². The molecule has 11 nitrogen and oxygen atoms in total. The summed E-state index contributed by atoms with van der Waals surface area (Å²) in [4.78, 5) is 76.0. The number of carbonyl (C=O) groups is 6. The maximum atomic E-state index is 15.3. The van der Waals surface area contributed by atoms with Crippen LogP contribution in [0.3, 0.4) is 0 Å². The molecule has 14 heteroatoms. The number of alkyl halides is 3. The van der Waals surface area contributed by atoms with Crippen LogP contribution in [-0.4, -0.2) is 35.6 Å². The van der Waals surface area contributed by atoms with Gasteiger partial charge in [0.2, 0.25) is 0 Å². The van der Waals surface area contributed by atoms with Gasteiger partial charge in [-0.3, -0.25) is 4.79 Å². The number of carbonyl (C=O) groups excluding carboxylic acids is 6. The Morgan fingerprint density at radius 3 is 1.63 bits per heavy atom. The quantitative estimate of drug-likeness (QED) is 0.0537. The Kier molecular flexibility index (Phi) is 14.8. The highest BCUT2D eigenvalue weighted by molar-refractivity contribution is 6.08. The normalized spacial score (nSPS) is 10.7. The molecule has 0 atom stereocenters. The Morgan fingerprint density at radius 2 is 1.10 bits per heavy atom. The van der Waals surface area contributed by atoms with E-state index >= 15 is 13.2 Å². The molecule has 0 aliphatic heterocycles. The largest absolute Gasteiger partial charge is 0.423 e. The Morgan fingerprint density at radius 1 is 0.610 bits per heavy atom. The zero-order valence-electron chi connectivity index (χ0n) is 32.9. The summed E-state index contributed by atoms with van der Waals surface area (Å²) in [6.07, 6.45) is -3.65. The summed E-state index contributed by atoms with van der Waals surface area (Å²) < 4.78 is 72.4. The van der Waals surface area contributed by atoms with Gasteiger partial charge < -0.3 is 23.7 Å². The van der Waals surface area contributed by atoms with Gasteiger partial charge in [-0.25, -0.2) is 24.0 Å². The third kappa shape index (κ3) is 12.0. The average molecular weight is 811 g/mol. The molecule has 0 saturated carbocycles. The molecule has 0 radical (unpaired) electrons. The maximum Gasteiger partial charge on any atom is 0.421 e. The number of halogens is 3. The molecule has 304 valence electrons. The fourth-order valence-corrected chi connectivity index (χ4v) is 4.45. The SMILES string of the molecule is C=C(C)C(=O)Oc1cccc(C(=O)/C=C/c2c(OC(=O)C(=C)C)c(C)c(C#Cc3ccc(OC(=O)C(=C)C)c(OC(=O)C(=C)C)c3)c(C(F)(F)F)c2OC(=O)C(=C)C)c1. The molecule has 3 rings (SSSR count). The number of allylic oxidation sites excluding steroid dienone is 1. The lowest BCUT2D eigenvalue weighted by atomic mass is 9.93. The van der Waals surface area contributed by atoms with Gasteiger partial charge in [0, 0.05) is 56.2 Å². The van der Waals surface area contributed by atoms with E-state index in [0.717, 1.165) is 25.1 Å². The first-order valence-corrected chi connectivity index (χ1v) is 17.1. The minimum Gasteiger partial charge on any atom is -0.423 e. The smallest absolute Gasteiger partial charge is 0.421 e. The molecule has 0 fully saturated rings. The third-order valence-corrected chi connectivity index (χ3v) is 7.51. The van der Waals surface area contributed by atoms with Crippen LogP contribution in [0.1, 0.15) is 72.8 Å². The number of esters is 5. The van der Waals surface area contributed by atoms with E-state index in [-0.39, 0.29) is 56.2 Å². The Hall–Kier alpha value is -7.53. The third-order valence-electron chi connectivity index (χ3n) is 7.51. The predicted molar refractivity (Wildman–Crippen MR) is 211 cm³/mol. The fraction of sp³-hybridized carbons (Fsp3) is 0.156. The average Bonchev–Trinajstić information content (AvgIpc) is 3.14. The van der Waals surface area contributed by atoms with E-state index in [9.17, 15) is 28.8 Å². The van der Waals surface area contributed by atoms with Crippen LogP contribution >= 0.6 is 0 Å². The second kappa shape index (κ2) is 19.1. The lowest BCUT2D eigenvalue weighted by molar-refractivity contribution is -0.141. The van der Waals surface area contributed by atoms with Crippen molar-refractivity contribution in [3.63, 3.8) is 0 Å². The summed E-state index contributed by atoms with van der Waals surface area (Å²) >= 11 is 0. The van der Waals surface area contributed by atoms with Crippen molar-refractivity contribution in [1.82, 2.24) is 0 Å². The first-order chi connectivity index (χ1) is 27.4. The first kappa shape index (κ1) is 45.9. The number of ketones is 1. The molecule has 3 aromatic carbocycles. The van der Waals surface area contributed by atoms with Gasteiger partial charge in [0.15, 0.2) is 23.0 Å². The summed E-state index contributed by atoms with van der Waals surface area (Å²) in [5, 5.41) is 0. The molecule has 0 amide bonds. The van der Waals surface area contributed by atoms with Crippen molar-refractivity contribution in [2.24, 2.45) is 0 Å². The van der Waals surface area contributed by atoms with E-state index in [1.807, 2.05) is 0 Å². The predicted octanol–water partition coefficient (Wildman–Crippen LogP) is 8.72. The molecule has 0 saturated heterocycles. The number of hydrogen-bond acceptors (Lipinski definition) is 11. The van der Waals surface area contributed by atoms with Crippen LogP contribution in [0.5, 0.6) is 28.7 Å². The van der Waals surface area contributed by atoms with Gasteiger partial charge in [0.25, 0.3) is 0 Å². The molecule has 0 unspecified atom stereocenters. The summed E-state index contributed by atoms with van der Waals surface area (Å²) in [5.41, 5.74) is -4.07.